The third-order valence-corrected chi connectivity index (χ3v) is 1.45. The van der Waals surface area contributed by atoms with Crippen LogP contribution < -0.4 is 9.96 Å². The van der Waals surface area contributed by atoms with Gasteiger partial charge in [-0.3, -0.25) is 10.0 Å². The fourth-order valence-electron chi connectivity index (χ4n) is 0.835. The molecular formula is C8H11NO3. The Kier molecular flexibility index (Phi) is 2.90. The van der Waals surface area contributed by atoms with Gasteiger partial charge in [0.1, 0.15) is 5.75 Å². The summed E-state index contributed by atoms with van der Waals surface area (Å²) in [4.78, 5) is 4.57. The van der Waals surface area contributed by atoms with Crippen LogP contribution in [0.5, 0.6) is 5.75 Å². The highest BCUT2D eigenvalue weighted by atomic mass is 16.9. The number of hydrogen-bond acceptors (Lipinski definition) is 4. The van der Waals surface area contributed by atoms with Crippen molar-refractivity contribution in [2.45, 2.75) is 0 Å². The summed E-state index contributed by atoms with van der Waals surface area (Å²) >= 11 is 0. The quantitative estimate of drug-likeness (QED) is 0.695. The minimum Gasteiger partial charge on any atom is -0.497 e. The molecule has 0 radical (unpaired) electrons. The summed E-state index contributed by atoms with van der Waals surface area (Å²) in [6.45, 7) is 0. The molecule has 0 fully saturated rings. The molecular weight excluding hydrogens is 158 g/mol. The van der Waals surface area contributed by atoms with Crippen LogP contribution in [-0.4, -0.2) is 19.4 Å². The maximum absolute atomic E-state index is 9.10. The molecule has 4 nitrogen and oxygen atoms in total. The highest BCUT2D eigenvalue weighted by Gasteiger charge is 2.01. The predicted molar refractivity (Wildman–Crippen MR) is 44.3 cm³/mol. The number of nitrogens with zero attached hydrogens (tertiary/aromatic N) is 1. The first-order valence-corrected chi connectivity index (χ1v) is 3.45. The van der Waals surface area contributed by atoms with Gasteiger partial charge < -0.3 is 4.74 Å². The predicted octanol–water partition coefficient (Wildman–Crippen LogP) is 1.45. The van der Waals surface area contributed by atoms with E-state index in [-0.39, 0.29) is 0 Å². The van der Waals surface area contributed by atoms with E-state index >= 15 is 0 Å². The second-order valence-electron chi connectivity index (χ2n) is 2.16. The van der Waals surface area contributed by atoms with Crippen molar-refractivity contribution >= 4 is 5.69 Å². The van der Waals surface area contributed by atoms with E-state index < -0.39 is 0 Å². The lowest BCUT2D eigenvalue weighted by atomic mass is 10.3. The molecule has 0 aliphatic carbocycles. The maximum Gasteiger partial charge on any atom is 0.121 e. The average Bonchev–Trinajstić information content (AvgIpc) is 2.17. The molecule has 0 saturated carbocycles. The number of methoxy groups -OCH3 is 1. The van der Waals surface area contributed by atoms with E-state index in [1.54, 1.807) is 31.4 Å². The van der Waals surface area contributed by atoms with Crippen molar-refractivity contribution in [3.05, 3.63) is 24.3 Å². The van der Waals surface area contributed by atoms with Crippen LogP contribution in [0.2, 0.25) is 0 Å². The van der Waals surface area contributed by atoms with Crippen molar-refractivity contribution in [2.24, 2.45) is 0 Å². The Labute approximate surface area is 70.9 Å². The molecule has 0 aliphatic heterocycles. The topological polar surface area (TPSA) is 41.9 Å². The molecule has 0 atom stereocenters. The van der Waals surface area contributed by atoms with Gasteiger partial charge in [0.05, 0.1) is 19.9 Å². The molecule has 0 aromatic heterocycles. The highest BCUT2D eigenvalue weighted by Crippen LogP contribution is 2.19. The van der Waals surface area contributed by atoms with Gasteiger partial charge in [0.2, 0.25) is 0 Å². The molecule has 0 bridgehead atoms. The first kappa shape index (κ1) is 8.83. The van der Waals surface area contributed by atoms with Crippen molar-refractivity contribution < 1.29 is 14.8 Å². The fourth-order valence-corrected chi connectivity index (χ4v) is 0.835. The van der Waals surface area contributed by atoms with Crippen molar-refractivity contribution in [1.82, 2.24) is 0 Å². The molecule has 1 aromatic rings. The number of hydrogen-bond donors (Lipinski definition) is 1. The molecule has 0 aliphatic rings. The van der Waals surface area contributed by atoms with Gasteiger partial charge in [0.25, 0.3) is 0 Å². The van der Waals surface area contributed by atoms with Gasteiger partial charge in [-0.2, -0.15) is 0 Å². The van der Waals surface area contributed by atoms with E-state index in [2.05, 4.69) is 4.84 Å². The molecule has 4 heteroatoms. The summed E-state index contributed by atoms with van der Waals surface area (Å²) in [5, 5.41) is 9.77. The van der Waals surface area contributed by atoms with Gasteiger partial charge in [-0.05, 0) is 12.1 Å². The first-order chi connectivity index (χ1) is 5.77. The van der Waals surface area contributed by atoms with Crippen LogP contribution in [0.3, 0.4) is 0 Å². The molecule has 0 amide bonds. The van der Waals surface area contributed by atoms with E-state index in [0.717, 1.165) is 0 Å². The minimum atomic E-state index is 0.525. The van der Waals surface area contributed by atoms with Gasteiger partial charge >= 0.3 is 0 Å². The van der Waals surface area contributed by atoms with Crippen LogP contribution in [-0.2, 0) is 4.84 Å². The number of rotatable bonds is 3. The lowest BCUT2D eigenvalue weighted by Crippen LogP contribution is -2.15. The summed E-state index contributed by atoms with van der Waals surface area (Å²) in [6.07, 6.45) is 0. The number of ether oxygens (including phenoxy) is 1. The van der Waals surface area contributed by atoms with Gasteiger partial charge in [-0.15, -0.1) is 5.23 Å². The van der Waals surface area contributed by atoms with E-state index in [9.17, 15) is 0 Å². The first-order valence-electron chi connectivity index (χ1n) is 3.45. The zero-order valence-electron chi connectivity index (χ0n) is 7.02. The minimum absolute atomic E-state index is 0.525. The molecule has 0 heterocycles. The summed E-state index contributed by atoms with van der Waals surface area (Å²) in [5.41, 5.74) is 0.525. The van der Waals surface area contributed by atoms with Gasteiger partial charge in [0.15, 0.2) is 0 Å². The molecule has 1 N–H and O–H groups in total. The molecule has 1 rings (SSSR count). The van der Waals surface area contributed by atoms with Crippen molar-refractivity contribution in [1.29, 1.82) is 0 Å². The van der Waals surface area contributed by atoms with Gasteiger partial charge in [-0.1, -0.05) is 6.07 Å². The van der Waals surface area contributed by atoms with Crippen LogP contribution in [0.25, 0.3) is 0 Å². The summed E-state index contributed by atoms with van der Waals surface area (Å²) in [5.74, 6) is 0.670. The number of anilines is 1. The van der Waals surface area contributed by atoms with Gasteiger partial charge in [0, 0.05) is 6.07 Å². The van der Waals surface area contributed by atoms with E-state index in [0.29, 0.717) is 16.7 Å². The van der Waals surface area contributed by atoms with Crippen LogP contribution >= 0.6 is 0 Å². The Morgan fingerprint density at radius 2 is 2.08 bits per heavy atom. The summed E-state index contributed by atoms with van der Waals surface area (Å²) in [6, 6.07) is 6.90. The van der Waals surface area contributed by atoms with Crippen LogP contribution in [0.15, 0.2) is 24.3 Å². The zero-order valence-corrected chi connectivity index (χ0v) is 7.02. The fraction of sp³-hybridized carbons (Fsp3) is 0.250. The Bertz CT molecular complexity index is 252. The smallest absolute Gasteiger partial charge is 0.121 e. The number of benzene rings is 1. The molecule has 1 aromatic carbocycles. The maximum atomic E-state index is 9.10. The van der Waals surface area contributed by atoms with E-state index in [4.69, 9.17) is 9.94 Å². The largest absolute Gasteiger partial charge is 0.497 e. The van der Waals surface area contributed by atoms with Crippen molar-refractivity contribution in [3.8, 4) is 5.75 Å². The summed E-state index contributed by atoms with van der Waals surface area (Å²) in [7, 11) is 2.94. The Balaban J connectivity index is 2.86. The molecule has 12 heavy (non-hydrogen) atoms. The second kappa shape index (κ2) is 3.94. The van der Waals surface area contributed by atoms with Crippen LogP contribution in [0.1, 0.15) is 0 Å². The average molecular weight is 169 g/mol. The van der Waals surface area contributed by atoms with Crippen LogP contribution in [0.4, 0.5) is 5.69 Å². The van der Waals surface area contributed by atoms with E-state index in [1.807, 2.05) is 0 Å². The lowest BCUT2D eigenvalue weighted by Gasteiger charge is -2.13. The molecule has 0 saturated heterocycles. The second-order valence-corrected chi connectivity index (χ2v) is 2.16. The van der Waals surface area contributed by atoms with Crippen molar-refractivity contribution in [2.75, 3.05) is 19.4 Å². The highest BCUT2D eigenvalue weighted by molar-refractivity contribution is 5.46. The summed E-state index contributed by atoms with van der Waals surface area (Å²) < 4.78 is 4.96. The third kappa shape index (κ3) is 1.87. The standard InChI is InChI=1S/C8H11NO3/c1-11-8-5-3-4-7(6-8)9(10)12-2/h3-6,10H,1-2H3. The SMILES string of the molecule is COc1cccc(N(O)OC)c1. The zero-order chi connectivity index (χ0) is 8.97. The lowest BCUT2D eigenvalue weighted by molar-refractivity contribution is -0.0110. The normalized spacial score (nSPS) is 9.58. The molecule has 0 spiro atoms. The van der Waals surface area contributed by atoms with Crippen molar-refractivity contribution in [3.63, 3.8) is 0 Å². The van der Waals surface area contributed by atoms with Crippen LogP contribution in [0, 0.1) is 0 Å². The Hall–Kier alpha value is -1.26. The third-order valence-electron chi connectivity index (χ3n) is 1.45. The van der Waals surface area contributed by atoms with Gasteiger partial charge in [-0.25, -0.2) is 0 Å². The molecule has 66 valence electrons. The Morgan fingerprint density at radius 1 is 1.33 bits per heavy atom. The Morgan fingerprint density at radius 3 is 2.67 bits per heavy atom. The van der Waals surface area contributed by atoms with E-state index in [1.165, 1.54) is 7.11 Å². The monoisotopic (exact) mass is 169 g/mol. The molecule has 0 unspecified atom stereocenters.